The number of aromatic nitrogens is 2. The molecule has 0 aliphatic heterocycles. The third-order valence-corrected chi connectivity index (χ3v) is 7.04. The van der Waals surface area contributed by atoms with Gasteiger partial charge in [-0.1, -0.05) is 20.8 Å². The van der Waals surface area contributed by atoms with Crippen LogP contribution < -0.4 is 5.32 Å². The molecule has 1 heterocycles. The lowest BCUT2D eigenvalue weighted by Gasteiger charge is -2.45. The van der Waals surface area contributed by atoms with Crippen molar-refractivity contribution < 1.29 is 0 Å². The molecule has 1 N–H and O–H groups in total. The van der Waals surface area contributed by atoms with E-state index in [1.165, 1.54) is 38.5 Å². The first-order valence-electron chi connectivity index (χ1n) is 8.74. The lowest BCUT2D eigenvalue weighted by atomic mass is 9.68. The van der Waals surface area contributed by atoms with Crippen LogP contribution in [0.15, 0.2) is 18.7 Å². The molecule has 116 valence electrons. The number of imidazole rings is 1. The van der Waals surface area contributed by atoms with Crippen molar-refractivity contribution in [3.05, 3.63) is 18.7 Å². The third-order valence-electron chi connectivity index (χ3n) is 7.04. The number of rotatable bonds is 3. The van der Waals surface area contributed by atoms with Crippen molar-refractivity contribution in [1.82, 2.24) is 14.9 Å². The molecule has 0 amide bonds. The van der Waals surface area contributed by atoms with Crippen LogP contribution in [0.3, 0.4) is 0 Å². The maximum absolute atomic E-state index is 4.25. The number of nitrogens with zero attached hydrogens (tertiary/aromatic N) is 2. The Bertz CT molecular complexity index is 502. The van der Waals surface area contributed by atoms with Crippen LogP contribution in [-0.4, -0.2) is 21.6 Å². The van der Waals surface area contributed by atoms with Gasteiger partial charge in [0.25, 0.3) is 0 Å². The van der Waals surface area contributed by atoms with E-state index in [0.717, 1.165) is 5.92 Å². The largest absolute Gasteiger partial charge is 0.333 e. The second kappa shape index (κ2) is 4.58. The second-order valence-corrected chi connectivity index (χ2v) is 8.63. The molecule has 5 atom stereocenters. The normalized spacial score (nSPS) is 44.5. The zero-order chi connectivity index (χ0) is 14.7. The van der Waals surface area contributed by atoms with Gasteiger partial charge in [0.1, 0.15) is 0 Å². The fourth-order valence-electron chi connectivity index (χ4n) is 5.89. The van der Waals surface area contributed by atoms with Crippen LogP contribution in [0.4, 0.5) is 0 Å². The minimum atomic E-state index is 0.453. The van der Waals surface area contributed by atoms with Crippen molar-refractivity contribution >= 4 is 0 Å². The Morgan fingerprint density at radius 3 is 2.71 bits per heavy atom. The van der Waals surface area contributed by atoms with E-state index in [2.05, 4.69) is 41.8 Å². The molecular formula is C18H29N3. The third kappa shape index (κ3) is 2.00. The van der Waals surface area contributed by atoms with Crippen molar-refractivity contribution in [2.75, 3.05) is 0 Å². The highest BCUT2D eigenvalue weighted by molar-refractivity contribution is 5.13. The molecule has 3 saturated carbocycles. The van der Waals surface area contributed by atoms with Gasteiger partial charge in [0, 0.05) is 30.5 Å². The van der Waals surface area contributed by atoms with Gasteiger partial charge in [0.05, 0.1) is 6.33 Å². The lowest BCUT2D eigenvalue weighted by Crippen LogP contribution is -2.54. The molecule has 5 unspecified atom stereocenters. The minimum Gasteiger partial charge on any atom is -0.333 e. The molecule has 3 heteroatoms. The van der Waals surface area contributed by atoms with Crippen LogP contribution in [-0.2, 0) is 0 Å². The lowest BCUT2D eigenvalue weighted by molar-refractivity contribution is 0.0933. The number of hydrogen-bond acceptors (Lipinski definition) is 2. The summed E-state index contributed by atoms with van der Waals surface area (Å²) in [4.78, 5) is 4.25. The highest BCUT2D eigenvalue weighted by Crippen LogP contribution is 2.62. The van der Waals surface area contributed by atoms with Gasteiger partial charge in [-0.2, -0.15) is 0 Å². The van der Waals surface area contributed by atoms with Crippen molar-refractivity contribution in [2.45, 2.75) is 77.4 Å². The zero-order valence-electron chi connectivity index (χ0n) is 13.7. The van der Waals surface area contributed by atoms with Crippen molar-refractivity contribution in [2.24, 2.45) is 16.7 Å². The van der Waals surface area contributed by atoms with E-state index in [1.807, 2.05) is 12.5 Å². The molecule has 3 aliphatic carbocycles. The number of nitrogens with one attached hydrogen (secondary N) is 1. The second-order valence-electron chi connectivity index (χ2n) is 8.63. The zero-order valence-corrected chi connectivity index (χ0v) is 13.7. The molecule has 1 aromatic heterocycles. The quantitative estimate of drug-likeness (QED) is 0.917. The first-order chi connectivity index (χ1) is 10.0. The fourth-order valence-corrected chi connectivity index (χ4v) is 5.89. The summed E-state index contributed by atoms with van der Waals surface area (Å²) in [7, 11) is 0. The first-order valence-corrected chi connectivity index (χ1v) is 8.74. The Labute approximate surface area is 128 Å². The van der Waals surface area contributed by atoms with E-state index < -0.39 is 0 Å². The summed E-state index contributed by atoms with van der Waals surface area (Å²) in [5, 5.41) is 4.13. The van der Waals surface area contributed by atoms with Crippen molar-refractivity contribution in [1.29, 1.82) is 0 Å². The van der Waals surface area contributed by atoms with Crippen molar-refractivity contribution in [3.8, 4) is 0 Å². The predicted molar refractivity (Wildman–Crippen MR) is 85.1 cm³/mol. The summed E-state index contributed by atoms with van der Waals surface area (Å²) in [6.45, 7) is 7.53. The van der Waals surface area contributed by atoms with E-state index in [-0.39, 0.29) is 0 Å². The number of fused-ring (bicyclic) bond motifs is 2. The van der Waals surface area contributed by atoms with E-state index in [0.29, 0.717) is 29.0 Å². The standard InChI is InChI=1S/C18H29N3/c1-17(2)13-7-8-18(3,11-13)16(17)20-14-5-4-6-15(14)21-10-9-19-12-21/h9-10,12-16,20H,4-8,11H2,1-3H3. The van der Waals surface area contributed by atoms with Crippen LogP contribution in [0.5, 0.6) is 0 Å². The molecule has 0 aromatic carbocycles. The van der Waals surface area contributed by atoms with Crippen LogP contribution in [0.1, 0.15) is 65.3 Å². The molecule has 0 radical (unpaired) electrons. The average Bonchev–Trinajstić information content (AvgIpc) is 3.16. The molecule has 3 aliphatic rings. The molecule has 21 heavy (non-hydrogen) atoms. The van der Waals surface area contributed by atoms with Gasteiger partial charge < -0.3 is 9.88 Å². The molecule has 3 nitrogen and oxygen atoms in total. The van der Waals surface area contributed by atoms with Gasteiger partial charge in [0.15, 0.2) is 0 Å². The molecule has 1 aromatic rings. The summed E-state index contributed by atoms with van der Waals surface area (Å²) < 4.78 is 2.33. The summed E-state index contributed by atoms with van der Waals surface area (Å²) in [6.07, 6.45) is 14.3. The SMILES string of the molecule is CC12CCC(C1)C(C)(C)C2NC1CCCC1n1ccnc1. The topological polar surface area (TPSA) is 29.9 Å². The summed E-state index contributed by atoms with van der Waals surface area (Å²) in [6, 6.07) is 1.91. The molecule has 2 bridgehead atoms. The minimum absolute atomic E-state index is 0.453. The van der Waals surface area contributed by atoms with Gasteiger partial charge in [-0.3, -0.25) is 0 Å². The Balaban J connectivity index is 1.55. The van der Waals surface area contributed by atoms with Crippen LogP contribution in [0.25, 0.3) is 0 Å². The maximum atomic E-state index is 4.25. The Morgan fingerprint density at radius 2 is 2.05 bits per heavy atom. The number of hydrogen-bond donors (Lipinski definition) is 1. The van der Waals surface area contributed by atoms with E-state index in [4.69, 9.17) is 0 Å². The smallest absolute Gasteiger partial charge is 0.0949 e. The Hall–Kier alpha value is -0.830. The van der Waals surface area contributed by atoms with Crippen LogP contribution >= 0.6 is 0 Å². The van der Waals surface area contributed by atoms with Crippen LogP contribution in [0, 0.1) is 16.7 Å². The molecule has 4 rings (SSSR count). The highest BCUT2D eigenvalue weighted by Gasteiger charge is 2.59. The molecule has 0 saturated heterocycles. The predicted octanol–water partition coefficient (Wildman–Crippen LogP) is 3.78. The Morgan fingerprint density at radius 1 is 1.19 bits per heavy atom. The fraction of sp³-hybridized carbons (Fsp3) is 0.833. The summed E-state index contributed by atoms with van der Waals surface area (Å²) in [5.41, 5.74) is 0.978. The van der Waals surface area contributed by atoms with Gasteiger partial charge >= 0.3 is 0 Å². The van der Waals surface area contributed by atoms with E-state index in [9.17, 15) is 0 Å². The van der Waals surface area contributed by atoms with Crippen LogP contribution in [0.2, 0.25) is 0 Å². The molecular weight excluding hydrogens is 258 g/mol. The van der Waals surface area contributed by atoms with E-state index >= 15 is 0 Å². The van der Waals surface area contributed by atoms with Crippen molar-refractivity contribution in [3.63, 3.8) is 0 Å². The van der Waals surface area contributed by atoms with Gasteiger partial charge in [0.2, 0.25) is 0 Å². The van der Waals surface area contributed by atoms with Gasteiger partial charge in [-0.25, -0.2) is 4.98 Å². The average molecular weight is 287 g/mol. The molecule has 0 spiro atoms. The summed E-state index contributed by atoms with van der Waals surface area (Å²) in [5.74, 6) is 0.924. The van der Waals surface area contributed by atoms with E-state index in [1.54, 1.807) is 0 Å². The maximum Gasteiger partial charge on any atom is 0.0949 e. The summed E-state index contributed by atoms with van der Waals surface area (Å²) >= 11 is 0. The van der Waals surface area contributed by atoms with Gasteiger partial charge in [-0.05, 0) is 55.3 Å². The highest BCUT2D eigenvalue weighted by atomic mass is 15.1. The monoisotopic (exact) mass is 287 g/mol. The molecule has 3 fully saturated rings. The van der Waals surface area contributed by atoms with Gasteiger partial charge in [-0.15, -0.1) is 0 Å². The Kier molecular flexibility index (Phi) is 3.01. The first kappa shape index (κ1) is 13.8.